The fourth-order valence-electron chi connectivity index (χ4n) is 3.19. The second-order valence-corrected chi connectivity index (χ2v) is 7.47. The number of benzene rings is 3. The van der Waals surface area contributed by atoms with Crippen LogP contribution in [-0.2, 0) is 22.6 Å². The highest BCUT2D eigenvalue weighted by Gasteiger charge is 2.21. The predicted molar refractivity (Wildman–Crippen MR) is 132 cm³/mol. The Morgan fingerprint density at radius 2 is 1.74 bits per heavy atom. The summed E-state index contributed by atoms with van der Waals surface area (Å²) in [5.74, 6) is 0.176. The zero-order valence-corrected chi connectivity index (χ0v) is 19.3. The molecular formula is C27H26N4O4. The molecule has 3 rings (SSSR count). The van der Waals surface area contributed by atoms with Crippen LogP contribution in [0.25, 0.3) is 0 Å². The van der Waals surface area contributed by atoms with Gasteiger partial charge in [-0.1, -0.05) is 48.5 Å². The van der Waals surface area contributed by atoms with E-state index < -0.39 is 18.0 Å². The topological polar surface area (TPSA) is 113 Å². The fraction of sp³-hybridized carbons (Fsp3) is 0.185. The van der Waals surface area contributed by atoms with Gasteiger partial charge in [0.25, 0.3) is 5.91 Å². The first-order valence-electron chi connectivity index (χ1n) is 11.1. The number of carbonyl (C=O) groups excluding carboxylic acids is 2. The number of nitrogens with zero attached hydrogens (tertiary/aromatic N) is 2. The molecule has 0 saturated heterocycles. The van der Waals surface area contributed by atoms with Gasteiger partial charge < -0.3 is 14.8 Å². The Kier molecular flexibility index (Phi) is 9.40. The minimum Gasteiger partial charge on any atom is -0.489 e. The Balaban J connectivity index is 1.56. The first-order valence-corrected chi connectivity index (χ1v) is 11.1. The van der Waals surface area contributed by atoms with E-state index in [0.717, 1.165) is 16.7 Å². The average molecular weight is 471 g/mol. The van der Waals surface area contributed by atoms with Crippen molar-refractivity contribution in [2.75, 3.05) is 6.61 Å². The number of carbonyl (C=O) groups is 2. The van der Waals surface area contributed by atoms with Gasteiger partial charge in [-0.05, 0) is 48.4 Å². The summed E-state index contributed by atoms with van der Waals surface area (Å²) in [6, 6.07) is 25.1. The second-order valence-electron chi connectivity index (χ2n) is 7.47. The van der Waals surface area contributed by atoms with Crippen molar-refractivity contribution in [1.82, 2.24) is 10.7 Å². The van der Waals surface area contributed by atoms with Crippen LogP contribution in [0.15, 0.2) is 84.0 Å². The molecule has 3 aromatic rings. The van der Waals surface area contributed by atoms with Crippen LogP contribution in [0.5, 0.6) is 5.75 Å². The van der Waals surface area contributed by atoms with Crippen LogP contribution in [0.1, 0.15) is 29.2 Å². The molecule has 0 aromatic heterocycles. The maximum absolute atomic E-state index is 12.7. The predicted octanol–water partition coefficient (Wildman–Crippen LogP) is 3.94. The number of amides is 2. The highest BCUT2D eigenvalue weighted by atomic mass is 16.5. The standard InChI is InChI=1S/C27H26N4O4/c1-2-34-27(33)30-25(16-20-8-4-3-5-9-20)26(32)31-29-18-21-12-14-24(15-13-21)35-19-23-11-7-6-10-22(23)17-28/h3-15,18,25H,2,16,19H2,1H3,(H,30,33)(H,31,32)/b29-18-/t25-/m1/s1. The van der Waals surface area contributed by atoms with Crippen LogP contribution >= 0.6 is 0 Å². The summed E-state index contributed by atoms with van der Waals surface area (Å²) < 4.78 is 10.7. The number of hydrogen-bond donors (Lipinski definition) is 2. The van der Waals surface area contributed by atoms with Crippen LogP contribution in [0.2, 0.25) is 0 Å². The molecule has 0 aliphatic rings. The van der Waals surface area contributed by atoms with Gasteiger partial charge in [0.2, 0.25) is 0 Å². The molecule has 2 amide bonds. The number of hydrazone groups is 1. The summed E-state index contributed by atoms with van der Waals surface area (Å²) in [5, 5.41) is 15.8. The number of alkyl carbamates (subject to hydrolysis) is 1. The Bertz CT molecular complexity index is 1190. The largest absolute Gasteiger partial charge is 0.489 e. The van der Waals surface area contributed by atoms with Crippen molar-refractivity contribution >= 4 is 18.2 Å². The number of nitriles is 1. The highest BCUT2D eigenvalue weighted by molar-refractivity contribution is 5.87. The third-order valence-electron chi connectivity index (χ3n) is 4.97. The minimum atomic E-state index is -0.847. The van der Waals surface area contributed by atoms with E-state index in [1.165, 1.54) is 6.21 Å². The third kappa shape index (κ3) is 8.02. The summed E-state index contributed by atoms with van der Waals surface area (Å²) in [6.07, 6.45) is 1.12. The van der Waals surface area contributed by atoms with Gasteiger partial charge in [0, 0.05) is 12.0 Å². The Hall–Kier alpha value is -4.64. The van der Waals surface area contributed by atoms with Gasteiger partial charge in [-0.25, -0.2) is 10.2 Å². The van der Waals surface area contributed by atoms with Gasteiger partial charge >= 0.3 is 6.09 Å². The maximum Gasteiger partial charge on any atom is 0.407 e. The van der Waals surface area contributed by atoms with Crippen LogP contribution in [-0.4, -0.2) is 30.9 Å². The molecule has 0 bridgehead atoms. The Morgan fingerprint density at radius 1 is 1.03 bits per heavy atom. The highest BCUT2D eigenvalue weighted by Crippen LogP contribution is 2.15. The van der Waals surface area contributed by atoms with Gasteiger partial charge in [0.05, 0.1) is 24.5 Å². The molecule has 0 aliphatic carbocycles. The lowest BCUT2D eigenvalue weighted by molar-refractivity contribution is -0.123. The van der Waals surface area contributed by atoms with Gasteiger partial charge in [-0.2, -0.15) is 10.4 Å². The summed E-state index contributed by atoms with van der Waals surface area (Å²) in [6.45, 7) is 2.18. The van der Waals surface area contributed by atoms with Crippen molar-refractivity contribution < 1.29 is 19.1 Å². The zero-order chi connectivity index (χ0) is 24.9. The van der Waals surface area contributed by atoms with E-state index in [0.29, 0.717) is 17.7 Å². The van der Waals surface area contributed by atoms with E-state index >= 15 is 0 Å². The van der Waals surface area contributed by atoms with Crippen molar-refractivity contribution in [3.8, 4) is 11.8 Å². The molecule has 2 N–H and O–H groups in total. The second kappa shape index (κ2) is 13.2. The molecule has 8 heteroatoms. The minimum absolute atomic E-state index is 0.203. The quantitative estimate of drug-likeness (QED) is 0.344. The van der Waals surface area contributed by atoms with Crippen molar-refractivity contribution in [3.05, 3.63) is 101 Å². The molecule has 35 heavy (non-hydrogen) atoms. The Labute approximate surface area is 204 Å². The fourth-order valence-corrected chi connectivity index (χ4v) is 3.19. The lowest BCUT2D eigenvalue weighted by Crippen LogP contribution is -2.47. The van der Waals surface area contributed by atoms with Crippen LogP contribution in [0.4, 0.5) is 4.79 Å². The molecule has 0 fully saturated rings. The molecule has 0 spiro atoms. The van der Waals surface area contributed by atoms with Gasteiger partial charge in [-0.3, -0.25) is 4.79 Å². The lowest BCUT2D eigenvalue weighted by Gasteiger charge is -2.16. The van der Waals surface area contributed by atoms with Crippen molar-refractivity contribution in [1.29, 1.82) is 5.26 Å². The van der Waals surface area contributed by atoms with E-state index in [2.05, 4.69) is 21.9 Å². The van der Waals surface area contributed by atoms with Crippen molar-refractivity contribution in [3.63, 3.8) is 0 Å². The molecule has 8 nitrogen and oxygen atoms in total. The molecule has 0 aliphatic heterocycles. The van der Waals surface area contributed by atoms with Crippen LogP contribution < -0.4 is 15.5 Å². The van der Waals surface area contributed by atoms with E-state index in [9.17, 15) is 14.9 Å². The maximum atomic E-state index is 12.7. The molecular weight excluding hydrogens is 444 g/mol. The monoisotopic (exact) mass is 470 g/mol. The first-order chi connectivity index (χ1) is 17.1. The zero-order valence-electron chi connectivity index (χ0n) is 19.3. The number of ether oxygens (including phenoxy) is 2. The SMILES string of the molecule is CCOC(=O)N[C@H](Cc1ccccc1)C(=O)N/N=C\c1ccc(OCc2ccccc2C#N)cc1. The molecule has 0 saturated carbocycles. The number of rotatable bonds is 10. The number of hydrogen-bond acceptors (Lipinski definition) is 6. The summed E-state index contributed by atoms with van der Waals surface area (Å²) in [7, 11) is 0. The molecule has 3 aromatic carbocycles. The van der Waals surface area contributed by atoms with Crippen molar-refractivity contribution in [2.24, 2.45) is 5.10 Å². The molecule has 1 atom stereocenters. The van der Waals surface area contributed by atoms with E-state index in [1.54, 1.807) is 37.3 Å². The Morgan fingerprint density at radius 3 is 2.46 bits per heavy atom. The molecule has 0 radical (unpaired) electrons. The normalized spacial score (nSPS) is 11.3. The van der Waals surface area contributed by atoms with Gasteiger partial charge in [-0.15, -0.1) is 0 Å². The van der Waals surface area contributed by atoms with Gasteiger partial charge in [0.1, 0.15) is 18.4 Å². The molecule has 0 unspecified atom stereocenters. The first kappa shape index (κ1) is 25.0. The average Bonchev–Trinajstić information content (AvgIpc) is 2.88. The lowest BCUT2D eigenvalue weighted by atomic mass is 10.1. The summed E-state index contributed by atoms with van der Waals surface area (Å²) in [5.41, 5.74) is 5.49. The summed E-state index contributed by atoms with van der Waals surface area (Å²) >= 11 is 0. The third-order valence-corrected chi connectivity index (χ3v) is 4.97. The number of nitrogens with one attached hydrogen (secondary N) is 2. The van der Waals surface area contributed by atoms with Gasteiger partial charge in [0.15, 0.2) is 0 Å². The molecule has 0 heterocycles. The summed E-state index contributed by atoms with van der Waals surface area (Å²) in [4.78, 5) is 24.5. The van der Waals surface area contributed by atoms with E-state index in [-0.39, 0.29) is 13.2 Å². The van der Waals surface area contributed by atoms with E-state index in [4.69, 9.17) is 9.47 Å². The smallest absolute Gasteiger partial charge is 0.407 e. The van der Waals surface area contributed by atoms with Crippen LogP contribution in [0, 0.1) is 11.3 Å². The van der Waals surface area contributed by atoms with Crippen molar-refractivity contribution in [2.45, 2.75) is 26.0 Å². The van der Waals surface area contributed by atoms with Crippen LogP contribution in [0.3, 0.4) is 0 Å². The van der Waals surface area contributed by atoms with E-state index in [1.807, 2.05) is 48.5 Å². The molecule has 178 valence electrons.